The number of piperidine rings is 1. The van der Waals surface area contributed by atoms with E-state index >= 15 is 0 Å². The second-order valence-corrected chi connectivity index (χ2v) is 13.5. The number of rotatable bonds is 10. The molecule has 228 valence electrons. The number of nitrogens with zero attached hydrogens (tertiary/aromatic N) is 3. The molecule has 5 rings (SSSR count). The zero-order chi connectivity index (χ0) is 29.5. The number of carbonyl (C=O) groups is 1. The van der Waals surface area contributed by atoms with Crippen LogP contribution >= 0.6 is 23.4 Å². The van der Waals surface area contributed by atoms with Gasteiger partial charge in [0.2, 0.25) is 5.91 Å². The van der Waals surface area contributed by atoms with Crippen LogP contribution in [0.1, 0.15) is 42.9 Å². The van der Waals surface area contributed by atoms with E-state index in [0.29, 0.717) is 13.1 Å². The number of likely N-dealkylation sites (tertiary alicyclic amines) is 1. The molecule has 42 heavy (non-hydrogen) atoms. The van der Waals surface area contributed by atoms with Crippen LogP contribution < -0.4 is 11.1 Å². The fourth-order valence-electron chi connectivity index (χ4n) is 6.49. The summed E-state index contributed by atoms with van der Waals surface area (Å²) in [4.78, 5) is 21.2. The van der Waals surface area contributed by atoms with Crippen molar-refractivity contribution in [2.75, 3.05) is 64.7 Å². The molecule has 0 spiro atoms. The number of nitrogens with two attached hydrogens (primary N) is 1. The molecule has 3 N–H and O–H groups in total. The van der Waals surface area contributed by atoms with Crippen LogP contribution in [-0.2, 0) is 17.8 Å². The maximum Gasteiger partial charge on any atom is 0.239 e. The van der Waals surface area contributed by atoms with E-state index in [-0.39, 0.29) is 17.6 Å². The molecule has 0 saturated carbocycles. The Bertz CT molecular complexity index is 1240. The van der Waals surface area contributed by atoms with Gasteiger partial charge in [0.1, 0.15) is 5.82 Å². The van der Waals surface area contributed by atoms with Crippen LogP contribution in [0, 0.1) is 11.7 Å². The molecular weight excluding hydrogens is 569 g/mol. The van der Waals surface area contributed by atoms with Gasteiger partial charge in [-0.25, -0.2) is 4.39 Å². The first kappa shape index (κ1) is 31.5. The third-order valence-electron chi connectivity index (χ3n) is 9.01. The van der Waals surface area contributed by atoms with E-state index in [0.717, 1.165) is 99.3 Å². The lowest BCUT2D eigenvalue weighted by Crippen LogP contribution is -2.55. The van der Waals surface area contributed by atoms with Gasteiger partial charge >= 0.3 is 0 Å². The molecule has 6 nitrogen and oxygen atoms in total. The summed E-state index contributed by atoms with van der Waals surface area (Å²) in [5.74, 6) is 1.04. The molecular formula is C33H45ClFN5OS. The van der Waals surface area contributed by atoms with Crippen molar-refractivity contribution in [2.24, 2.45) is 11.7 Å². The monoisotopic (exact) mass is 613 g/mol. The van der Waals surface area contributed by atoms with Crippen molar-refractivity contribution >= 4 is 34.8 Å². The van der Waals surface area contributed by atoms with Crippen LogP contribution in [0.5, 0.6) is 0 Å². The van der Waals surface area contributed by atoms with E-state index in [9.17, 15) is 9.18 Å². The van der Waals surface area contributed by atoms with Gasteiger partial charge in [-0.15, -0.1) is 11.8 Å². The van der Waals surface area contributed by atoms with Gasteiger partial charge in [-0.2, -0.15) is 0 Å². The largest absolute Gasteiger partial charge is 0.339 e. The number of nitrogens with one attached hydrogen (secondary N) is 1. The molecule has 0 aromatic heterocycles. The minimum atomic E-state index is -0.435. The highest BCUT2D eigenvalue weighted by Gasteiger charge is 2.33. The summed E-state index contributed by atoms with van der Waals surface area (Å²) in [5, 5.41) is 4.19. The van der Waals surface area contributed by atoms with Gasteiger partial charge in [0, 0.05) is 55.7 Å². The second kappa shape index (κ2) is 15.2. The van der Waals surface area contributed by atoms with E-state index in [1.807, 2.05) is 17.0 Å². The topological polar surface area (TPSA) is 64.8 Å². The van der Waals surface area contributed by atoms with Crippen molar-refractivity contribution < 1.29 is 9.18 Å². The van der Waals surface area contributed by atoms with Gasteiger partial charge < -0.3 is 20.9 Å². The van der Waals surface area contributed by atoms with Crippen molar-refractivity contribution in [3.8, 4) is 0 Å². The summed E-state index contributed by atoms with van der Waals surface area (Å²) in [6.45, 7) is 10.7. The maximum atomic E-state index is 13.7. The first-order valence-electron chi connectivity index (χ1n) is 15.5. The Morgan fingerprint density at radius 3 is 2.57 bits per heavy atom. The molecule has 1 atom stereocenters. The molecule has 1 unspecified atom stereocenters. The van der Waals surface area contributed by atoms with Crippen molar-refractivity contribution in [1.82, 2.24) is 20.0 Å². The zero-order valence-corrected chi connectivity index (χ0v) is 26.4. The smallest absolute Gasteiger partial charge is 0.239 e. The molecule has 0 aliphatic carbocycles. The average Bonchev–Trinajstić information content (AvgIpc) is 3.02. The molecule has 3 aliphatic heterocycles. The summed E-state index contributed by atoms with van der Waals surface area (Å²) < 4.78 is 13.7. The Hall–Kier alpha value is -1.94. The summed E-state index contributed by atoms with van der Waals surface area (Å²) >= 11 is 8.06. The SMILES string of the molecule is CCSc1cc(F)ccc1CN1CCN(C(=O)C(N)C2CCN(CCc3cc(Cl)ccc3C3=CCNCC3)CC2)CC1. The van der Waals surface area contributed by atoms with Crippen LogP contribution in [0.4, 0.5) is 4.39 Å². The van der Waals surface area contributed by atoms with Crippen LogP contribution in [0.3, 0.4) is 0 Å². The van der Waals surface area contributed by atoms with Gasteiger partial charge in [0.25, 0.3) is 0 Å². The lowest BCUT2D eigenvalue weighted by Gasteiger charge is -2.39. The molecule has 0 radical (unpaired) electrons. The van der Waals surface area contributed by atoms with Crippen molar-refractivity contribution in [1.29, 1.82) is 0 Å². The van der Waals surface area contributed by atoms with E-state index < -0.39 is 6.04 Å². The summed E-state index contributed by atoms with van der Waals surface area (Å²) in [5.41, 5.74) is 11.8. The van der Waals surface area contributed by atoms with Gasteiger partial charge in [0.15, 0.2) is 0 Å². The van der Waals surface area contributed by atoms with E-state index in [1.165, 1.54) is 16.7 Å². The van der Waals surface area contributed by atoms with E-state index in [1.54, 1.807) is 23.9 Å². The second-order valence-electron chi connectivity index (χ2n) is 11.7. The molecule has 3 aliphatic rings. The molecule has 3 heterocycles. The Kier molecular flexibility index (Phi) is 11.4. The van der Waals surface area contributed by atoms with E-state index in [4.69, 9.17) is 17.3 Å². The number of thioether (sulfide) groups is 1. The quantitative estimate of drug-likeness (QED) is 0.372. The highest BCUT2D eigenvalue weighted by Crippen LogP contribution is 2.28. The standard InChI is InChI=1S/C33H45ClFN5OS/c1-2-42-31-22-29(35)5-3-27(31)23-39-17-19-40(20-18-39)33(41)32(36)25-9-14-38(15-10-25)16-11-26-21-28(34)4-6-30(26)24-7-12-37-13-8-24/h3-7,21-22,25,32,37H,2,8-20,23,36H2,1H3. The molecule has 2 aromatic carbocycles. The van der Waals surface area contributed by atoms with E-state index in [2.05, 4.69) is 40.2 Å². The molecule has 2 saturated heterocycles. The normalized spacial score (nSPS) is 20.0. The average molecular weight is 614 g/mol. The number of amides is 1. The van der Waals surface area contributed by atoms with Crippen LogP contribution in [0.25, 0.3) is 5.57 Å². The highest BCUT2D eigenvalue weighted by atomic mass is 35.5. The first-order valence-corrected chi connectivity index (χ1v) is 16.9. The number of hydrogen-bond donors (Lipinski definition) is 2. The number of halogens is 2. The third kappa shape index (κ3) is 8.16. The zero-order valence-electron chi connectivity index (χ0n) is 24.8. The first-order chi connectivity index (χ1) is 20.4. The number of hydrogen-bond acceptors (Lipinski definition) is 6. The fraction of sp³-hybridized carbons (Fsp3) is 0.545. The van der Waals surface area contributed by atoms with Crippen molar-refractivity contribution in [2.45, 2.75) is 50.1 Å². The van der Waals surface area contributed by atoms with Crippen LogP contribution in [0.15, 0.2) is 47.4 Å². The lowest BCUT2D eigenvalue weighted by atomic mass is 9.88. The van der Waals surface area contributed by atoms with Gasteiger partial charge in [-0.3, -0.25) is 9.69 Å². The van der Waals surface area contributed by atoms with Crippen molar-refractivity contribution in [3.63, 3.8) is 0 Å². The minimum Gasteiger partial charge on any atom is -0.339 e. The number of carbonyl (C=O) groups excluding carboxylic acids is 1. The summed E-state index contributed by atoms with van der Waals surface area (Å²) in [7, 11) is 0. The summed E-state index contributed by atoms with van der Waals surface area (Å²) in [6.07, 6.45) is 6.22. The lowest BCUT2D eigenvalue weighted by molar-refractivity contribution is -0.136. The summed E-state index contributed by atoms with van der Waals surface area (Å²) in [6, 6.07) is 10.9. The Labute approximate surface area is 259 Å². The van der Waals surface area contributed by atoms with Crippen molar-refractivity contribution in [3.05, 3.63) is 70.0 Å². The van der Waals surface area contributed by atoms with Gasteiger partial charge in [0.05, 0.1) is 6.04 Å². The number of benzene rings is 2. The molecule has 9 heteroatoms. The predicted octanol–water partition coefficient (Wildman–Crippen LogP) is 4.89. The molecule has 1 amide bonds. The van der Waals surface area contributed by atoms with Gasteiger partial charge in [-0.1, -0.05) is 36.7 Å². The third-order valence-corrected chi connectivity index (χ3v) is 10.2. The Morgan fingerprint density at radius 1 is 1.07 bits per heavy atom. The Balaban J connectivity index is 1.07. The fourth-order valence-corrected chi connectivity index (χ4v) is 7.51. The minimum absolute atomic E-state index is 0.0934. The van der Waals surface area contributed by atoms with Gasteiger partial charge in [-0.05, 0) is 104 Å². The molecule has 0 bridgehead atoms. The highest BCUT2D eigenvalue weighted by molar-refractivity contribution is 7.99. The van der Waals surface area contributed by atoms with Crippen LogP contribution in [0.2, 0.25) is 5.02 Å². The predicted molar refractivity (Wildman–Crippen MR) is 172 cm³/mol. The number of piperazine rings is 1. The maximum absolute atomic E-state index is 13.7. The van der Waals surface area contributed by atoms with Crippen LogP contribution in [-0.4, -0.2) is 91.3 Å². The Morgan fingerprint density at radius 2 is 1.86 bits per heavy atom. The molecule has 2 aromatic rings. The molecule has 2 fully saturated rings.